The number of halogens is 1. The van der Waals surface area contributed by atoms with E-state index in [9.17, 15) is 15.0 Å². The summed E-state index contributed by atoms with van der Waals surface area (Å²) < 4.78 is 4.51. The normalized spacial score (nSPS) is 20.0. The molecule has 206 valence electrons. The first-order valence-corrected chi connectivity index (χ1v) is 12.7. The molecule has 5 N–H and O–H groups in total. The van der Waals surface area contributed by atoms with E-state index in [1.54, 1.807) is 0 Å². The second-order valence-corrected chi connectivity index (χ2v) is 9.77. The maximum atomic E-state index is 10.3. The largest absolute Gasteiger partial charge is 0.394 e. The van der Waals surface area contributed by atoms with Gasteiger partial charge in [-0.2, -0.15) is 0 Å². The van der Waals surface area contributed by atoms with Crippen LogP contribution in [0.15, 0.2) is 0 Å². The van der Waals surface area contributed by atoms with Gasteiger partial charge < -0.3 is 35.1 Å². The van der Waals surface area contributed by atoms with Gasteiger partial charge in [0.2, 0.25) is 0 Å². The van der Waals surface area contributed by atoms with Crippen molar-refractivity contribution in [3.05, 3.63) is 0 Å². The molecular weight excluding hydrogens is 553 g/mol. The minimum absolute atomic E-state index is 0. The van der Waals surface area contributed by atoms with Crippen molar-refractivity contribution in [3.63, 3.8) is 0 Å². The average Bonchev–Trinajstić information content (AvgIpc) is 3.25. The van der Waals surface area contributed by atoms with E-state index in [0.29, 0.717) is 6.29 Å². The number of nitrogens with zero attached hydrogens (tertiary/aromatic N) is 1. The van der Waals surface area contributed by atoms with E-state index < -0.39 is 31.0 Å². The summed E-state index contributed by atoms with van der Waals surface area (Å²) in [5, 5.41) is 45.7. The van der Waals surface area contributed by atoms with Gasteiger partial charge in [-0.1, -0.05) is 64.7 Å². The fourth-order valence-electron chi connectivity index (χ4n) is 4.27. The van der Waals surface area contributed by atoms with Crippen LogP contribution in [0.1, 0.15) is 97.8 Å². The van der Waals surface area contributed by atoms with Gasteiger partial charge >= 0.3 is 0 Å². The number of methoxy groups -OCH3 is 1. The summed E-state index contributed by atoms with van der Waals surface area (Å²) in [6.07, 6.45) is 10.1. The Morgan fingerprint density at radius 3 is 1.94 bits per heavy atom. The Hall–Kier alpha value is 0.120. The molecule has 1 aliphatic rings. The van der Waals surface area contributed by atoms with E-state index in [1.807, 2.05) is 0 Å². The van der Waals surface area contributed by atoms with Gasteiger partial charge in [0.05, 0.1) is 6.61 Å². The molecule has 1 heterocycles. The minimum atomic E-state index is -1.61. The summed E-state index contributed by atoms with van der Waals surface area (Å²) in [4.78, 5) is 12.6. The van der Waals surface area contributed by atoms with E-state index in [4.69, 9.17) is 15.3 Å². The third-order valence-electron chi connectivity index (χ3n) is 6.56. The van der Waals surface area contributed by atoms with Gasteiger partial charge in [-0.3, -0.25) is 4.90 Å². The SMILES string of the molecule is CCCCCCCCCCCC(C)(C)N1CCCC1O.CO[C@@H](C=O)[C@@H](O)[C@H](O)[C@H](O)CO.I. The number of carbonyl (C=O) groups excluding carboxylic acids is 1. The highest BCUT2D eigenvalue weighted by molar-refractivity contribution is 14.0. The van der Waals surface area contributed by atoms with Crippen LogP contribution in [0.4, 0.5) is 0 Å². The molecule has 8 nitrogen and oxygen atoms in total. The molecule has 0 bridgehead atoms. The minimum Gasteiger partial charge on any atom is -0.394 e. The number of unbranched alkanes of at least 4 members (excludes halogenated alkanes) is 8. The van der Waals surface area contributed by atoms with Crippen LogP contribution >= 0.6 is 24.0 Å². The molecule has 0 amide bonds. The zero-order valence-corrected chi connectivity index (χ0v) is 24.1. The Morgan fingerprint density at radius 1 is 1.00 bits per heavy atom. The van der Waals surface area contributed by atoms with Crippen molar-refractivity contribution >= 4 is 30.3 Å². The fraction of sp³-hybridized carbons (Fsp3) is 0.960. The Morgan fingerprint density at radius 2 is 1.53 bits per heavy atom. The van der Waals surface area contributed by atoms with Gasteiger partial charge in [0.1, 0.15) is 30.6 Å². The van der Waals surface area contributed by atoms with Crippen molar-refractivity contribution in [2.45, 2.75) is 134 Å². The maximum Gasteiger partial charge on any atom is 0.151 e. The van der Waals surface area contributed by atoms with Crippen LogP contribution in [0, 0.1) is 0 Å². The molecule has 1 fully saturated rings. The topological polar surface area (TPSA) is 131 Å². The lowest BCUT2D eigenvalue weighted by Crippen LogP contribution is -2.47. The quantitative estimate of drug-likeness (QED) is 0.0973. The van der Waals surface area contributed by atoms with Crippen LogP contribution in [0.5, 0.6) is 0 Å². The Kier molecular flexibility index (Phi) is 22.7. The molecule has 9 heteroatoms. The lowest BCUT2D eigenvalue weighted by molar-refractivity contribution is -0.141. The molecule has 0 spiro atoms. The molecule has 1 unspecified atom stereocenters. The lowest BCUT2D eigenvalue weighted by atomic mass is 9.94. The van der Waals surface area contributed by atoms with Gasteiger partial charge in [-0.15, -0.1) is 24.0 Å². The summed E-state index contributed by atoms with van der Waals surface area (Å²) in [6.45, 7) is 7.25. The van der Waals surface area contributed by atoms with Crippen LogP contribution in [-0.2, 0) is 9.53 Å². The highest BCUT2D eigenvalue weighted by Gasteiger charge is 2.34. The summed E-state index contributed by atoms with van der Waals surface area (Å²) in [7, 11) is 1.18. The van der Waals surface area contributed by atoms with Crippen LogP contribution in [0.2, 0.25) is 0 Å². The standard InChI is InChI=1S/C18H37NO.C7H14O6.HI/c1-4-5-6-7-8-9-10-11-12-15-18(2,3)19-16-13-14-17(19)20;1-13-5(3-9)7(12)6(11)4(10)2-8;/h17,20H,4-16H2,1-3H3;3-8,10-12H,2H2,1H3;1H/t;4-,5+,6-,7-;/m.1./s1. The molecule has 1 aliphatic heterocycles. The number of likely N-dealkylation sites (tertiary alicyclic amines) is 1. The van der Waals surface area contributed by atoms with Gasteiger partial charge in [-0.05, 0) is 33.1 Å². The molecule has 0 saturated carbocycles. The first-order chi connectivity index (χ1) is 15.7. The predicted octanol–water partition coefficient (Wildman–Crippen LogP) is 2.99. The van der Waals surface area contributed by atoms with Gasteiger partial charge in [-0.25, -0.2) is 0 Å². The fourth-order valence-corrected chi connectivity index (χ4v) is 4.27. The Labute approximate surface area is 224 Å². The smallest absolute Gasteiger partial charge is 0.151 e. The summed E-state index contributed by atoms with van der Waals surface area (Å²) in [5.74, 6) is 0. The monoisotopic (exact) mass is 605 g/mol. The van der Waals surface area contributed by atoms with E-state index >= 15 is 0 Å². The molecule has 0 aromatic rings. The van der Waals surface area contributed by atoms with E-state index in [0.717, 1.165) is 19.4 Å². The number of ether oxygens (including phenoxy) is 1. The third kappa shape index (κ3) is 14.6. The second-order valence-electron chi connectivity index (χ2n) is 9.77. The van der Waals surface area contributed by atoms with E-state index in [1.165, 1.54) is 71.3 Å². The van der Waals surface area contributed by atoms with Crippen molar-refractivity contribution in [2.24, 2.45) is 0 Å². The van der Waals surface area contributed by atoms with Gasteiger partial charge in [0.25, 0.3) is 0 Å². The number of hydrogen-bond donors (Lipinski definition) is 5. The molecule has 5 atom stereocenters. The van der Waals surface area contributed by atoms with Crippen molar-refractivity contribution in [1.82, 2.24) is 4.90 Å². The zero-order valence-electron chi connectivity index (χ0n) is 21.8. The van der Waals surface area contributed by atoms with Crippen LogP contribution in [0.3, 0.4) is 0 Å². The molecule has 0 aromatic carbocycles. The molecule has 0 aliphatic carbocycles. The molecule has 0 radical (unpaired) electrons. The van der Waals surface area contributed by atoms with Crippen LogP contribution < -0.4 is 0 Å². The zero-order chi connectivity index (χ0) is 25.3. The van der Waals surface area contributed by atoms with Crippen molar-refractivity contribution in [1.29, 1.82) is 0 Å². The average molecular weight is 606 g/mol. The van der Waals surface area contributed by atoms with Crippen molar-refractivity contribution in [3.8, 4) is 0 Å². The second kappa shape index (κ2) is 21.2. The first-order valence-electron chi connectivity index (χ1n) is 12.7. The van der Waals surface area contributed by atoms with Crippen LogP contribution in [0.25, 0.3) is 0 Å². The van der Waals surface area contributed by atoms with Gasteiger partial charge in [0.15, 0.2) is 6.29 Å². The van der Waals surface area contributed by atoms with Gasteiger partial charge in [0, 0.05) is 19.2 Å². The van der Waals surface area contributed by atoms with Crippen LogP contribution in [-0.4, -0.2) is 93.2 Å². The Bertz CT molecular complexity index is 484. The van der Waals surface area contributed by atoms with E-state index in [-0.39, 0.29) is 35.7 Å². The van der Waals surface area contributed by atoms with E-state index in [2.05, 4.69) is 30.4 Å². The summed E-state index contributed by atoms with van der Waals surface area (Å²) >= 11 is 0. The summed E-state index contributed by atoms with van der Waals surface area (Å²) in [5.41, 5.74) is 0.178. The highest BCUT2D eigenvalue weighted by atomic mass is 127. The first kappa shape index (κ1) is 36.3. The lowest BCUT2D eigenvalue weighted by Gasteiger charge is -2.38. The predicted molar refractivity (Wildman–Crippen MR) is 145 cm³/mol. The Balaban J connectivity index is 0. The third-order valence-corrected chi connectivity index (χ3v) is 6.56. The number of rotatable bonds is 17. The highest BCUT2D eigenvalue weighted by Crippen LogP contribution is 2.29. The number of aliphatic hydroxyl groups excluding tert-OH is 5. The molecule has 1 rings (SSSR count). The van der Waals surface area contributed by atoms with Crippen molar-refractivity contribution < 1.29 is 35.1 Å². The molecule has 34 heavy (non-hydrogen) atoms. The number of carbonyl (C=O) groups is 1. The number of aldehydes is 1. The molecule has 1 saturated heterocycles. The maximum absolute atomic E-state index is 10.3. The molecular formula is C25H52INO7. The summed E-state index contributed by atoms with van der Waals surface area (Å²) in [6, 6.07) is 0. The molecule has 0 aromatic heterocycles. The number of aliphatic hydroxyl groups is 5. The number of hydrogen-bond acceptors (Lipinski definition) is 8. The van der Waals surface area contributed by atoms with Crippen molar-refractivity contribution in [2.75, 3.05) is 20.3 Å².